The van der Waals surface area contributed by atoms with Crippen molar-refractivity contribution in [2.75, 3.05) is 6.54 Å². The molecular formula is C17H15Cl2N3O3. The SMILES string of the molecule is C[C@@H]1C(=O)NCCc2[nH]c3c(Cl)c(Cl)cc(OCc4cocn4)c3c21. The minimum absolute atomic E-state index is 0.0202. The molecule has 0 bridgehead atoms. The van der Waals surface area contributed by atoms with Crippen LogP contribution in [0.2, 0.25) is 10.0 Å². The number of rotatable bonds is 3. The van der Waals surface area contributed by atoms with Crippen molar-refractivity contribution in [3.8, 4) is 5.75 Å². The molecule has 1 amide bonds. The number of ether oxygens (including phenoxy) is 1. The molecule has 2 N–H and O–H groups in total. The number of hydrogen-bond donors (Lipinski definition) is 2. The van der Waals surface area contributed by atoms with Crippen LogP contribution in [0.15, 0.2) is 23.1 Å². The van der Waals surface area contributed by atoms with E-state index in [1.165, 1.54) is 12.7 Å². The van der Waals surface area contributed by atoms with Gasteiger partial charge in [0.25, 0.3) is 0 Å². The topological polar surface area (TPSA) is 80.2 Å². The fourth-order valence-electron chi connectivity index (χ4n) is 3.20. The largest absolute Gasteiger partial charge is 0.486 e. The summed E-state index contributed by atoms with van der Waals surface area (Å²) in [5.41, 5.74) is 3.22. The van der Waals surface area contributed by atoms with Crippen molar-refractivity contribution in [3.05, 3.63) is 45.7 Å². The molecule has 0 aliphatic carbocycles. The Morgan fingerprint density at radius 3 is 3.04 bits per heavy atom. The Kier molecular flexibility index (Phi) is 4.09. The van der Waals surface area contributed by atoms with E-state index in [4.69, 9.17) is 32.4 Å². The number of oxazole rings is 1. The zero-order valence-electron chi connectivity index (χ0n) is 13.4. The zero-order valence-corrected chi connectivity index (χ0v) is 14.9. The molecule has 25 heavy (non-hydrogen) atoms. The first-order valence-electron chi connectivity index (χ1n) is 7.86. The molecule has 1 aliphatic rings. The Balaban J connectivity index is 1.88. The highest BCUT2D eigenvalue weighted by Crippen LogP contribution is 2.43. The maximum absolute atomic E-state index is 12.3. The van der Waals surface area contributed by atoms with Crippen LogP contribution in [0.3, 0.4) is 0 Å². The van der Waals surface area contributed by atoms with Gasteiger partial charge in [-0.05, 0) is 12.5 Å². The summed E-state index contributed by atoms with van der Waals surface area (Å²) < 4.78 is 10.9. The molecule has 0 saturated heterocycles. The fraction of sp³-hybridized carbons (Fsp3) is 0.294. The summed E-state index contributed by atoms with van der Waals surface area (Å²) in [6.45, 7) is 2.67. The third-order valence-corrected chi connectivity index (χ3v) is 5.20. The van der Waals surface area contributed by atoms with Gasteiger partial charge < -0.3 is 19.5 Å². The Morgan fingerprint density at radius 1 is 1.44 bits per heavy atom. The molecule has 8 heteroatoms. The van der Waals surface area contributed by atoms with Crippen molar-refractivity contribution in [1.29, 1.82) is 0 Å². The molecule has 3 aromatic rings. The number of nitrogens with one attached hydrogen (secondary N) is 2. The highest BCUT2D eigenvalue weighted by atomic mass is 35.5. The normalized spacial score (nSPS) is 17.2. The number of carbonyl (C=O) groups is 1. The molecule has 3 heterocycles. The number of fused-ring (bicyclic) bond motifs is 3. The number of hydrogen-bond acceptors (Lipinski definition) is 4. The van der Waals surface area contributed by atoms with Crippen LogP contribution in [0.1, 0.15) is 29.8 Å². The first-order chi connectivity index (χ1) is 12.1. The summed E-state index contributed by atoms with van der Waals surface area (Å²) in [5.74, 6) is 0.220. The second kappa shape index (κ2) is 6.28. The van der Waals surface area contributed by atoms with Crippen LogP contribution in [0, 0.1) is 0 Å². The molecule has 0 radical (unpaired) electrons. The van der Waals surface area contributed by atoms with Gasteiger partial charge in [0.2, 0.25) is 5.91 Å². The van der Waals surface area contributed by atoms with Crippen molar-refractivity contribution in [1.82, 2.24) is 15.3 Å². The van der Waals surface area contributed by atoms with E-state index in [1.54, 1.807) is 6.07 Å². The Labute approximate surface area is 153 Å². The van der Waals surface area contributed by atoms with Crippen LogP contribution < -0.4 is 10.1 Å². The predicted molar refractivity (Wildman–Crippen MR) is 94.3 cm³/mol. The van der Waals surface area contributed by atoms with Gasteiger partial charge in [0.05, 0.1) is 21.5 Å². The number of halogens is 2. The van der Waals surface area contributed by atoms with Gasteiger partial charge in [-0.25, -0.2) is 4.98 Å². The molecule has 0 spiro atoms. The standard InChI is InChI=1S/C17H15Cl2N3O3/c1-8-13-11(2-3-20-17(8)23)22-16-14(13)12(4-10(18)15(16)19)25-6-9-5-24-7-21-9/h4-5,7-8,22H,2-3,6H2,1H3,(H,20,23)/t8-/m0/s1. The van der Waals surface area contributed by atoms with Gasteiger partial charge in [0.1, 0.15) is 24.3 Å². The third kappa shape index (κ3) is 2.75. The lowest BCUT2D eigenvalue weighted by atomic mass is 9.96. The maximum Gasteiger partial charge on any atom is 0.227 e. The molecule has 0 fully saturated rings. The van der Waals surface area contributed by atoms with Gasteiger partial charge in [0.15, 0.2) is 6.39 Å². The quantitative estimate of drug-likeness (QED) is 0.724. The Morgan fingerprint density at radius 2 is 2.28 bits per heavy atom. The lowest BCUT2D eigenvalue weighted by Gasteiger charge is -2.13. The lowest BCUT2D eigenvalue weighted by molar-refractivity contribution is -0.121. The Bertz CT molecular complexity index is 950. The van der Waals surface area contributed by atoms with E-state index in [1.807, 2.05) is 6.92 Å². The monoisotopic (exact) mass is 379 g/mol. The van der Waals surface area contributed by atoms with Crippen LogP contribution in [-0.4, -0.2) is 22.4 Å². The highest BCUT2D eigenvalue weighted by molar-refractivity contribution is 6.45. The summed E-state index contributed by atoms with van der Waals surface area (Å²) in [4.78, 5) is 19.7. The van der Waals surface area contributed by atoms with E-state index < -0.39 is 0 Å². The average molecular weight is 380 g/mol. The third-order valence-electron chi connectivity index (χ3n) is 4.41. The minimum atomic E-state index is -0.321. The van der Waals surface area contributed by atoms with Crippen LogP contribution in [0.5, 0.6) is 5.75 Å². The molecule has 4 rings (SSSR count). The van der Waals surface area contributed by atoms with Gasteiger partial charge >= 0.3 is 0 Å². The summed E-state index contributed by atoms with van der Waals surface area (Å²) >= 11 is 12.7. The van der Waals surface area contributed by atoms with Crippen molar-refractivity contribution < 1.29 is 13.9 Å². The summed E-state index contributed by atoms with van der Waals surface area (Å²) in [6.07, 6.45) is 3.55. The van der Waals surface area contributed by atoms with E-state index in [0.29, 0.717) is 40.0 Å². The van der Waals surface area contributed by atoms with Crippen LogP contribution in [0.25, 0.3) is 10.9 Å². The minimum Gasteiger partial charge on any atom is -0.486 e. The van der Waals surface area contributed by atoms with Crippen molar-refractivity contribution in [3.63, 3.8) is 0 Å². The number of nitrogens with zero attached hydrogens (tertiary/aromatic N) is 1. The number of H-pyrrole nitrogens is 1. The van der Waals surface area contributed by atoms with Crippen LogP contribution in [0.4, 0.5) is 0 Å². The number of carbonyl (C=O) groups excluding carboxylic acids is 1. The summed E-state index contributed by atoms with van der Waals surface area (Å²) in [7, 11) is 0. The molecule has 1 aliphatic heterocycles. The van der Waals surface area contributed by atoms with Gasteiger partial charge in [-0.2, -0.15) is 0 Å². The average Bonchev–Trinajstić information content (AvgIpc) is 3.21. The molecule has 1 aromatic carbocycles. The zero-order chi connectivity index (χ0) is 17.6. The van der Waals surface area contributed by atoms with Crippen molar-refractivity contribution in [2.24, 2.45) is 0 Å². The second-order valence-electron chi connectivity index (χ2n) is 5.97. The van der Waals surface area contributed by atoms with Gasteiger partial charge in [-0.15, -0.1) is 0 Å². The Hall–Kier alpha value is -2.18. The molecule has 130 valence electrons. The van der Waals surface area contributed by atoms with E-state index in [2.05, 4.69) is 15.3 Å². The first-order valence-corrected chi connectivity index (χ1v) is 8.62. The van der Waals surface area contributed by atoms with Gasteiger partial charge in [-0.3, -0.25) is 4.79 Å². The summed E-state index contributed by atoms with van der Waals surface area (Å²) in [6, 6.07) is 1.68. The molecule has 0 saturated carbocycles. The predicted octanol–water partition coefficient (Wildman–Crippen LogP) is 3.82. The molecular weight excluding hydrogens is 365 g/mol. The second-order valence-corrected chi connectivity index (χ2v) is 6.75. The number of aromatic amines is 1. The molecule has 6 nitrogen and oxygen atoms in total. The van der Waals surface area contributed by atoms with Gasteiger partial charge in [-0.1, -0.05) is 23.2 Å². The van der Waals surface area contributed by atoms with Crippen LogP contribution in [-0.2, 0) is 17.8 Å². The fourth-order valence-corrected chi connectivity index (χ4v) is 3.59. The van der Waals surface area contributed by atoms with E-state index in [-0.39, 0.29) is 18.4 Å². The molecule has 1 atom stereocenters. The highest BCUT2D eigenvalue weighted by Gasteiger charge is 2.29. The smallest absolute Gasteiger partial charge is 0.227 e. The summed E-state index contributed by atoms with van der Waals surface area (Å²) in [5, 5.41) is 4.51. The molecule has 2 aromatic heterocycles. The van der Waals surface area contributed by atoms with Crippen molar-refractivity contribution >= 4 is 40.0 Å². The number of benzene rings is 1. The first kappa shape index (κ1) is 16.3. The van der Waals surface area contributed by atoms with Gasteiger partial charge in [0, 0.05) is 30.1 Å². The van der Waals surface area contributed by atoms with E-state index in [0.717, 1.165) is 16.6 Å². The maximum atomic E-state index is 12.3. The lowest BCUT2D eigenvalue weighted by Crippen LogP contribution is -2.26. The van der Waals surface area contributed by atoms with Crippen LogP contribution >= 0.6 is 23.2 Å². The molecule has 0 unspecified atom stereocenters. The van der Waals surface area contributed by atoms with E-state index >= 15 is 0 Å². The van der Waals surface area contributed by atoms with Crippen molar-refractivity contribution in [2.45, 2.75) is 25.9 Å². The number of aromatic nitrogens is 2. The number of amides is 1. The van der Waals surface area contributed by atoms with E-state index in [9.17, 15) is 4.79 Å².